The highest BCUT2D eigenvalue weighted by Gasteiger charge is 2.32. The maximum absolute atomic E-state index is 6.03. The van der Waals surface area contributed by atoms with Gasteiger partial charge in [0, 0.05) is 18.6 Å². The summed E-state index contributed by atoms with van der Waals surface area (Å²) in [4.78, 5) is 2.51. The smallest absolute Gasteiger partial charge is 0.0226 e. The van der Waals surface area contributed by atoms with Gasteiger partial charge in [0.05, 0.1) is 0 Å². The molecule has 2 N–H and O–H groups in total. The Hall–Kier alpha value is -0.0800. The third kappa shape index (κ3) is 3.58. The van der Waals surface area contributed by atoms with Crippen molar-refractivity contribution in [2.24, 2.45) is 17.1 Å². The zero-order valence-corrected chi connectivity index (χ0v) is 10.4. The quantitative estimate of drug-likeness (QED) is 0.736. The van der Waals surface area contributed by atoms with Crippen LogP contribution in [0.5, 0.6) is 0 Å². The van der Waals surface area contributed by atoms with E-state index in [1.807, 2.05) is 0 Å². The molecule has 0 spiro atoms. The van der Waals surface area contributed by atoms with Gasteiger partial charge in [-0.15, -0.1) is 0 Å². The summed E-state index contributed by atoms with van der Waals surface area (Å²) in [6.07, 6.45) is 1.33. The molecule has 2 nitrogen and oxygen atoms in total. The highest BCUT2D eigenvalue weighted by atomic mass is 15.2. The van der Waals surface area contributed by atoms with E-state index in [-0.39, 0.29) is 5.54 Å². The molecular formula is C12H26N2. The van der Waals surface area contributed by atoms with Crippen LogP contribution >= 0.6 is 0 Å². The van der Waals surface area contributed by atoms with Crippen molar-refractivity contribution in [2.75, 3.05) is 19.6 Å². The van der Waals surface area contributed by atoms with Gasteiger partial charge in [-0.2, -0.15) is 0 Å². The van der Waals surface area contributed by atoms with Crippen LogP contribution in [-0.2, 0) is 0 Å². The van der Waals surface area contributed by atoms with Gasteiger partial charge in [-0.05, 0) is 38.1 Å². The van der Waals surface area contributed by atoms with E-state index in [0.29, 0.717) is 5.41 Å². The SMILES string of the molecule is CC(C)(N)CN1CCC(C(C)(C)C)C1. The molecule has 0 aromatic rings. The van der Waals surface area contributed by atoms with Gasteiger partial charge >= 0.3 is 0 Å². The van der Waals surface area contributed by atoms with Crippen LogP contribution in [0, 0.1) is 11.3 Å². The fraction of sp³-hybridized carbons (Fsp3) is 1.00. The first kappa shape index (κ1) is 12.0. The van der Waals surface area contributed by atoms with Crippen LogP contribution in [-0.4, -0.2) is 30.1 Å². The lowest BCUT2D eigenvalue weighted by atomic mass is 9.80. The van der Waals surface area contributed by atoms with Gasteiger partial charge in [0.2, 0.25) is 0 Å². The average molecular weight is 198 g/mol. The Morgan fingerprint density at radius 1 is 1.21 bits per heavy atom. The van der Waals surface area contributed by atoms with Gasteiger partial charge in [0.25, 0.3) is 0 Å². The van der Waals surface area contributed by atoms with Gasteiger partial charge in [0.1, 0.15) is 0 Å². The number of hydrogen-bond acceptors (Lipinski definition) is 2. The van der Waals surface area contributed by atoms with Gasteiger partial charge in [-0.25, -0.2) is 0 Å². The molecule has 1 saturated heterocycles. The number of nitrogens with two attached hydrogens (primary N) is 1. The van der Waals surface area contributed by atoms with Crippen LogP contribution < -0.4 is 5.73 Å². The van der Waals surface area contributed by atoms with E-state index in [2.05, 4.69) is 39.5 Å². The number of likely N-dealkylation sites (tertiary alicyclic amines) is 1. The van der Waals surface area contributed by atoms with Gasteiger partial charge in [-0.3, -0.25) is 0 Å². The molecule has 1 rings (SSSR count). The predicted molar refractivity (Wildman–Crippen MR) is 62.3 cm³/mol. The van der Waals surface area contributed by atoms with Crippen molar-refractivity contribution in [3.63, 3.8) is 0 Å². The minimum atomic E-state index is -0.0488. The number of rotatable bonds is 2. The summed E-state index contributed by atoms with van der Waals surface area (Å²) in [6.45, 7) is 14.7. The topological polar surface area (TPSA) is 29.3 Å². The van der Waals surface area contributed by atoms with Crippen molar-refractivity contribution >= 4 is 0 Å². The van der Waals surface area contributed by atoms with Crippen molar-refractivity contribution in [1.29, 1.82) is 0 Å². The van der Waals surface area contributed by atoms with Gasteiger partial charge in [0.15, 0.2) is 0 Å². The molecular weight excluding hydrogens is 172 g/mol. The third-order valence-electron chi connectivity index (χ3n) is 3.13. The van der Waals surface area contributed by atoms with E-state index in [1.54, 1.807) is 0 Å². The van der Waals surface area contributed by atoms with Crippen LogP contribution in [0.3, 0.4) is 0 Å². The molecule has 0 saturated carbocycles. The van der Waals surface area contributed by atoms with Crippen molar-refractivity contribution in [3.8, 4) is 0 Å². The fourth-order valence-corrected chi connectivity index (χ4v) is 2.26. The molecule has 2 heteroatoms. The molecule has 1 unspecified atom stereocenters. The summed E-state index contributed by atoms with van der Waals surface area (Å²) in [7, 11) is 0. The van der Waals surface area contributed by atoms with Crippen LogP contribution in [0.4, 0.5) is 0 Å². The molecule has 0 aliphatic carbocycles. The largest absolute Gasteiger partial charge is 0.324 e. The molecule has 0 aromatic carbocycles. The molecule has 1 aliphatic rings. The molecule has 1 heterocycles. The van der Waals surface area contributed by atoms with Crippen LogP contribution in [0.1, 0.15) is 41.0 Å². The zero-order chi connectivity index (χ0) is 11.0. The molecule has 0 bridgehead atoms. The second-order valence-corrected chi connectivity index (χ2v) is 6.58. The minimum Gasteiger partial charge on any atom is -0.324 e. The highest BCUT2D eigenvalue weighted by molar-refractivity contribution is 4.87. The van der Waals surface area contributed by atoms with E-state index in [1.165, 1.54) is 19.5 Å². The Morgan fingerprint density at radius 2 is 1.79 bits per heavy atom. The van der Waals surface area contributed by atoms with E-state index in [4.69, 9.17) is 5.73 Å². The molecule has 1 aliphatic heterocycles. The second kappa shape index (κ2) is 3.82. The zero-order valence-electron chi connectivity index (χ0n) is 10.4. The van der Waals surface area contributed by atoms with Crippen LogP contribution in [0.25, 0.3) is 0 Å². The average Bonchev–Trinajstić information content (AvgIpc) is 2.29. The van der Waals surface area contributed by atoms with E-state index >= 15 is 0 Å². The lowest BCUT2D eigenvalue weighted by molar-refractivity contribution is 0.212. The summed E-state index contributed by atoms with van der Waals surface area (Å²) >= 11 is 0. The van der Waals surface area contributed by atoms with Gasteiger partial charge in [-0.1, -0.05) is 20.8 Å². The second-order valence-electron chi connectivity index (χ2n) is 6.58. The van der Waals surface area contributed by atoms with Crippen LogP contribution in [0.2, 0.25) is 0 Å². The fourth-order valence-electron chi connectivity index (χ4n) is 2.26. The monoisotopic (exact) mass is 198 g/mol. The maximum atomic E-state index is 6.03. The Balaban J connectivity index is 2.42. The lowest BCUT2D eigenvalue weighted by Gasteiger charge is -2.29. The molecule has 1 fully saturated rings. The molecule has 0 aromatic heterocycles. The summed E-state index contributed by atoms with van der Waals surface area (Å²) < 4.78 is 0. The first-order valence-corrected chi connectivity index (χ1v) is 5.70. The van der Waals surface area contributed by atoms with Gasteiger partial charge < -0.3 is 10.6 Å². The first-order chi connectivity index (χ1) is 6.18. The standard InChI is InChI=1S/C12H26N2/c1-11(2,3)10-6-7-14(8-10)9-12(4,5)13/h10H,6-9,13H2,1-5H3. The summed E-state index contributed by atoms with van der Waals surface area (Å²) in [5.74, 6) is 0.838. The van der Waals surface area contributed by atoms with Crippen molar-refractivity contribution in [3.05, 3.63) is 0 Å². The Kier molecular flexibility index (Phi) is 3.27. The predicted octanol–water partition coefficient (Wildman–Crippen LogP) is 2.09. The van der Waals surface area contributed by atoms with Crippen molar-refractivity contribution in [2.45, 2.75) is 46.6 Å². The lowest BCUT2D eigenvalue weighted by Crippen LogP contribution is -2.44. The van der Waals surface area contributed by atoms with E-state index < -0.39 is 0 Å². The van der Waals surface area contributed by atoms with Crippen LogP contribution in [0.15, 0.2) is 0 Å². The maximum Gasteiger partial charge on any atom is 0.0226 e. The first-order valence-electron chi connectivity index (χ1n) is 5.70. The molecule has 1 atom stereocenters. The van der Waals surface area contributed by atoms with Crippen molar-refractivity contribution in [1.82, 2.24) is 4.90 Å². The number of hydrogen-bond donors (Lipinski definition) is 1. The Labute approximate surface area is 88.8 Å². The molecule has 14 heavy (non-hydrogen) atoms. The summed E-state index contributed by atoms with van der Waals surface area (Å²) in [6, 6.07) is 0. The van der Waals surface area contributed by atoms with E-state index in [0.717, 1.165) is 12.5 Å². The normalized spacial score (nSPS) is 25.7. The van der Waals surface area contributed by atoms with Crippen molar-refractivity contribution < 1.29 is 0 Å². The Morgan fingerprint density at radius 3 is 2.14 bits per heavy atom. The van der Waals surface area contributed by atoms with E-state index in [9.17, 15) is 0 Å². The Bertz CT molecular complexity index is 185. The molecule has 84 valence electrons. The summed E-state index contributed by atoms with van der Waals surface area (Å²) in [5.41, 5.74) is 6.43. The highest BCUT2D eigenvalue weighted by Crippen LogP contribution is 2.33. The molecule has 0 radical (unpaired) electrons. The summed E-state index contributed by atoms with van der Waals surface area (Å²) in [5, 5.41) is 0. The number of nitrogens with zero attached hydrogens (tertiary/aromatic N) is 1. The molecule has 0 amide bonds. The minimum absolute atomic E-state index is 0.0488. The third-order valence-corrected chi connectivity index (χ3v) is 3.13.